The molecule has 5 atom stereocenters. The van der Waals surface area contributed by atoms with Crippen LogP contribution in [-0.4, -0.2) is 98.9 Å². The number of aliphatic hydroxyl groups is 1. The molecule has 2 aliphatic heterocycles. The molecule has 3 unspecified atom stereocenters. The predicted molar refractivity (Wildman–Crippen MR) is 135 cm³/mol. The van der Waals surface area contributed by atoms with E-state index in [1.807, 2.05) is 24.3 Å². The largest absolute Gasteiger partial charge is 0.394 e. The van der Waals surface area contributed by atoms with Gasteiger partial charge < -0.3 is 32.1 Å². The normalized spacial score (nSPS) is 26.1. The summed E-state index contributed by atoms with van der Waals surface area (Å²) in [6.07, 6.45) is 0.802. The number of aliphatic hydroxyl groups excluding tert-OH is 1. The van der Waals surface area contributed by atoms with E-state index in [0.29, 0.717) is 23.6 Å². The zero-order valence-corrected chi connectivity index (χ0v) is 20.4. The lowest BCUT2D eigenvalue weighted by Crippen LogP contribution is -2.63. The number of hydrogen-bond donors (Lipinski definition) is 5. The predicted octanol–water partition coefficient (Wildman–Crippen LogP) is -2.10. The number of likely N-dealkylation sites (tertiary alicyclic amines) is 1. The summed E-state index contributed by atoms with van der Waals surface area (Å²) in [5.41, 5.74) is 19.0. The number of aromatic nitrogens is 2. The van der Waals surface area contributed by atoms with Gasteiger partial charge in [0.05, 0.1) is 25.0 Å². The first-order valence-corrected chi connectivity index (χ1v) is 12.4. The molecule has 0 bridgehead atoms. The number of rotatable bonds is 6. The number of benzene rings is 1. The first-order valence-electron chi connectivity index (χ1n) is 12.4. The molecule has 0 radical (unpaired) electrons. The molecule has 5 rings (SSSR count). The van der Waals surface area contributed by atoms with E-state index in [-0.39, 0.29) is 25.5 Å². The minimum atomic E-state index is -1.05. The minimum Gasteiger partial charge on any atom is -0.394 e. The Morgan fingerprint density at radius 3 is 2.41 bits per heavy atom. The second kappa shape index (κ2) is 10.2. The second-order valence-corrected chi connectivity index (χ2v) is 10.00. The molecule has 0 spiro atoms. The molecule has 2 aromatic rings. The fourth-order valence-electron chi connectivity index (χ4n) is 5.23. The van der Waals surface area contributed by atoms with E-state index >= 15 is 0 Å². The maximum atomic E-state index is 12.7. The van der Waals surface area contributed by atoms with Crippen molar-refractivity contribution in [1.29, 1.82) is 0 Å². The molecule has 198 valence electrons. The first-order chi connectivity index (χ1) is 17.7. The SMILES string of the molecule is NC(CO)C(=O)N1CCN(C(=O)Nc2ccn(-c3ccc(CN4CC5C(N)[C@@H]5C4)cc3)c(=O)n2)C[C@H]1N. The summed E-state index contributed by atoms with van der Waals surface area (Å²) >= 11 is 0. The smallest absolute Gasteiger partial charge is 0.354 e. The fourth-order valence-corrected chi connectivity index (χ4v) is 5.23. The Kier molecular flexibility index (Phi) is 6.96. The van der Waals surface area contributed by atoms with Gasteiger partial charge in [-0.3, -0.25) is 19.6 Å². The van der Waals surface area contributed by atoms with Crippen LogP contribution < -0.4 is 28.2 Å². The summed E-state index contributed by atoms with van der Waals surface area (Å²) in [5.74, 6) is 0.933. The third-order valence-corrected chi connectivity index (χ3v) is 7.50. The molecule has 1 aliphatic carbocycles. The maximum Gasteiger partial charge on any atom is 0.354 e. The third kappa shape index (κ3) is 5.22. The van der Waals surface area contributed by atoms with Gasteiger partial charge in [0.25, 0.3) is 0 Å². The van der Waals surface area contributed by atoms with Crippen LogP contribution in [0.3, 0.4) is 0 Å². The lowest BCUT2D eigenvalue weighted by atomic mass is 10.2. The van der Waals surface area contributed by atoms with Crippen LogP contribution in [0.25, 0.3) is 5.69 Å². The Morgan fingerprint density at radius 2 is 1.78 bits per heavy atom. The van der Waals surface area contributed by atoms with E-state index in [2.05, 4.69) is 15.2 Å². The maximum absolute atomic E-state index is 12.7. The minimum absolute atomic E-state index is 0.0741. The highest BCUT2D eigenvalue weighted by Gasteiger charge is 2.53. The molecule has 3 fully saturated rings. The fraction of sp³-hybridized carbons (Fsp3) is 0.500. The molecule has 13 heteroatoms. The van der Waals surface area contributed by atoms with Gasteiger partial charge in [0.15, 0.2) is 0 Å². The number of piperazine rings is 1. The summed E-state index contributed by atoms with van der Waals surface area (Å²) in [7, 11) is 0. The van der Waals surface area contributed by atoms with E-state index in [4.69, 9.17) is 22.3 Å². The average Bonchev–Trinajstić information content (AvgIpc) is 3.27. The van der Waals surface area contributed by atoms with E-state index in [0.717, 1.165) is 19.6 Å². The molecule has 3 aliphatic rings. The van der Waals surface area contributed by atoms with Gasteiger partial charge in [-0.2, -0.15) is 4.98 Å². The molecular formula is C24H33N9O4. The van der Waals surface area contributed by atoms with Gasteiger partial charge in [-0.1, -0.05) is 12.1 Å². The molecule has 8 N–H and O–H groups in total. The highest BCUT2D eigenvalue weighted by molar-refractivity contribution is 5.88. The summed E-state index contributed by atoms with van der Waals surface area (Å²) < 4.78 is 1.41. The lowest BCUT2D eigenvalue weighted by molar-refractivity contribution is -0.137. The van der Waals surface area contributed by atoms with Gasteiger partial charge in [-0.25, -0.2) is 9.59 Å². The molecule has 37 heavy (non-hydrogen) atoms. The Hall–Kier alpha value is -3.36. The summed E-state index contributed by atoms with van der Waals surface area (Å²) in [6, 6.07) is 8.16. The van der Waals surface area contributed by atoms with Crippen LogP contribution >= 0.6 is 0 Å². The van der Waals surface area contributed by atoms with Crippen molar-refractivity contribution in [3.8, 4) is 5.69 Å². The Labute approximate surface area is 213 Å². The number of hydrogen-bond acceptors (Lipinski definition) is 9. The van der Waals surface area contributed by atoms with Crippen LogP contribution in [0.4, 0.5) is 10.6 Å². The van der Waals surface area contributed by atoms with Crippen LogP contribution in [-0.2, 0) is 11.3 Å². The van der Waals surface area contributed by atoms with Crippen molar-refractivity contribution < 1.29 is 14.7 Å². The third-order valence-electron chi connectivity index (χ3n) is 7.50. The molecular weight excluding hydrogens is 478 g/mol. The molecule has 1 aromatic heterocycles. The number of fused-ring (bicyclic) bond motifs is 1. The zero-order valence-electron chi connectivity index (χ0n) is 20.4. The van der Waals surface area contributed by atoms with Crippen LogP contribution in [0.5, 0.6) is 0 Å². The van der Waals surface area contributed by atoms with E-state index in [1.165, 1.54) is 19.9 Å². The number of piperidine rings is 1. The van der Waals surface area contributed by atoms with Crippen LogP contribution in [0.15, 0.2) is 41.3 Å². The number of nitrogens with two attached hydrogens (primary N) is 3. The van der Waals surface area contributed by atoms with Gasteiger partial charge >= 0.3 is 11.7 Å². The van der Waals surface area contributed by atoms with Gasteiger partial charge in [0.1, 0.15) is 11.9 Å². The van der Waals surface area contributed by atoms with Crippen molar-refractivity contribution in [3.63, 3.8) is 0 Å². The molecule has 13 nitrogen and oxygen atoms in total. The lowest BCUT2D eigenvalue weighted by Gasteiger charge is -2.40. The Bertz CT molecular complexity index is 1210. The molecule has 3 heterocycles. The number of amides is 3. The summed E-state index contributed by atoms with van der Waals surface area (Å²) in [5, 5.41) is 11.7. The molecule has 2 saturated heterocycles. The number of nitrogens with one attached hydrogen (secondary N) is 1. The number of anilines is 1. The van der Waals surface area contributed by atoms with E-state index in [1.54, 1.807) is 12.3 Å². The Morgan fingerprint density at radius 1 is 1.08 bits per heavy atom. The highest BCUT2D eigenvalue weighted by Crippen LogP contribution is 2.44. The number of urea groups is 1. The summed E-state index contributed by atoms with van der Waals surface area (Å²) in [4.78, 5) is 46.7. The molecule has 3 amide bonds. The number of carbonyl (C=O) groups is 2. The summed E-state index contributed by atoms with van der Waals surface area (Å²) in [6.45, 7) is 2.94. The topological polar surface area (TPSA) is 189 Å². The van der Waals surface area contributed by atoms with Crippen LogP contribution in [0, 0.1) is 11.8 Å². The van der Waals surface area contributed by atoms with Crippen molar-refractivity contribution >= 4 is 17.8 Å². The van der Waals surface area contributed by atoms with Gasteiger partial charge in [0, 0.05) is 45.0 Å². The molecule has 1 saturated carbocycles. The molecule has 1 aromatic carbocycles. The van der Waals surface area contributed by atoms with Crippen molar-refractivity contribution in [2.24, 2.45) is 29.0 Å². The monoisotopic (exact) mass is 511 g/mol. The van der Waals surface area contributed by atoms with Crippen molar-refractivity contribution in [3.05, 3.63) is 52.6 Å². The van der Waals surface area contributed by atoms with Crippen LogP contribution in [0.2, 0.25) is 0 Å². The van der Waals surface area contributed by atoms with Crippen molar-refractivity contribution in [1.82, 2.24) is 24.3 Å². The van der Waals surface area contributed by atoms with Crippen molar-refractivity contribution in [2.75, 3.05) is 44.6 Å². The highest BCUT2D eigenvalue weighted by atomic mass is 16.3. The van der Waals surface area contributed by atoms with E-state index < -0.39 is 36.4 Å². The first kappa shape index (κ1) is 25.3. The standard InChI is InChI=1S/C24H33N9O4/c25-18(13-34)22(35)33-8-7-31(12-19(33)26)23(36)28-20-5-6-32(24(37)29-20)15-3-1-14(2-4-15)9-30-10-16-17(11-30)21(16)27/h1-6,16-19,21,34H,7-13,25-27H2,(H,28,29,36,37)/t16-,17?,18?,19+,21?/m1/s1. The quantitative estimate of drug-likeness (QED) is 0.289. The number of nitrogens with zero attached hydrogens (tertiary/aromatic N) is 5. The Balaban J connectivity index is 1.16. The number of carbonyl (C=O) groups excluding carboxylic acids is 2. The van der Waals surface area contributed by atoms with Crippen LogP contribution in [0.1, 0.15) is 5.56 Å². The van der Waals surface area contributed by atoms with Crippen molar-refractivity contribution in [2.45, 2.75) is 24.8 Å². The van der Waals surface area contributed by atoms with E-state index in [9.17, 15) is 14.4 Å². The van der Waals surface area contributed by atoms with Gasteiger partial charge in [0.2, 0.25) is 5.91 Å². The average molecular weight is 512 g/mol. The zero-order chi connectivity index (χ0) is 26.3. The second-order valence-electron chi connectivity index (χ2n) is 10.00. The van der Waals surface area contributed by atoms with Gasteiger partial charge in [-0.15, -0.1) is 0 Å². The van der Waals surface area contributed by atoms with Gasteiger partial charge in [-0.05, 0) is 35.6 Å².